The van der Waals surface area contributed by atoms with Crippen molar-refractivity contribution in [3.63, 3.8) is 0 Å². The fourth-order valence-electron chi connectivity index (χ4n) is 7.51. The minimum atomic E-state index is -0.835. The van der Waals surface area contributed by atoms with Gasteiger partial charge in [-0.15, -0.1) is 5.10 Å². The number of furan rings is 1. The van der Waals surface area contributed by atoms with Crippen molar-refractivity contribution < 1.29 is 38.6 Å². The summed E-state index contributed by atoms with van der Waals surface area (Å²) in [4.78, 5) is 82.5. The third kappa shape index (κ3) is 13.4. The van der Waals surface area contributed by atoms with E-state index in [1.54, 1.807) is 85.2 Å². The summed E-state index contributed by atoms with van der Waals surface area (Å²) in [6.45, 7) is 2.68. The maximum absolute atomic E-state index is 13.3. The zero-order chi connectivity index (χ0) is 50.3. The van der Waals surface area contributed by atoms with Gasteiger partial charge >= 0.3 is 5.97 Å². The maximum atomic E-state index is 13.3. The fourth-order valence-corrected chi connectivity index (χ4v) is 8.06. The van der Waals surface area contributed by atoms with Crippen LogP contribution in [0.3, 0.4) is 0 Å². The van der Waals surface area contributed by atoms with Crippen LogP contribution < -0.4 is 32.3 Å². The van der Waals surface area contributed by atoms with Crippen molar-refractivity contribution >= 4 is 82.4 Å². The van der Waals surface area contributed by atoms with Crippen molar-refractivity contribution in [3.05, 3.63) is 124 Å². The Bertz CT molecular complexity index is 2980. The number of nitrogens with two attached hydrogens (primary N) is 1. The largest absolute Gasteiger partial charge is 0.483 e. The van der Waals surface area contributed by atoms with Crippen molar-refractivity contribution in [1.82, 2.24) is 50.1 Å². The monoisotopic (exact) mass is 1010 g/mol. The quantitative estimate of drug-likeness (QED) is 0.0347. The van der Waals surface area contributed by atoms with Gasteiger partial charge in [-0.3, -0.25) is 38.8 Å². The van der Waals surface area contributed by atoms with Crippen LogP contribution in [0.5, 0.6) is 0 Å². The number of halogens is 2. The zero-order valence-electron chi connectivity index (χ0n) is 37.8. The molecule has 71 heavy (non-hydrogen) atoms. The smallest absolute Gasteiger partial charge is 0.320 e. The Kier molecular flexibility index (Phi) is 17.5. The van der Waals surface area contributed by atoms with Crippen LogP contribution in [0.25, 0.3) is 28.5 Å². The number of rotatable bonds is 19. The van der Waals surface area contributed by atoms with Crippen LogP contribution in [0, 0.1) is 0 Å². The first-order valence-electron chi connectivity index (χ1n) is 22.2. The molecule has 368 valence electrons. The molecule has 0 unspecified atom stereocenters. The van der Waals surface area contributed by atoms with Crippen molar-refractivity contribution in [2.24, 2.45) is 0 Å². The lowest BCUT2D eigenvalue weighted by Gasteiger charge is -2.32. The highest BCUT2D eigenvalue weighted by Crippen LogP contribution is 2.40. The Labute approximate surface area is 415 Å². The second-order valence-corrected chi connectivity index (χ2v) is 16.6. The summed E-state index contributed by atoms with van der Waals surface area (Å²) >= 11 is 13.7. The molecule has 0 saturated carbocycles. The van der Waals surface area contributed by atoms with Crippen LogP contribution in [0.1, 0.15) is 64.2 Å². The topological polar surface area (TPSA) is 310 Å². The van der Waals surface area contributed by atoms with E-state index in [0.717, 1.165) is 24.0 Å². The van der Waals surface area contributed by atoms with Crippen molar-refractivity contribution in [2.45, 2.75) is 51.2 Å². The molecule has 1 atom stereocenters. The zero-order valence-corrected chi connectivity index (χ0v) is 39.4. The van der Waals surface area contributed by atoms with Gasteiger partial charge in [0.15, 0.2) is 5.76 Å². The number of nitrogens with zero attached hydrogens (tertiary/aromatic N) is 8. The molecule has 22 nitrogen and oxygen atoms in total. The van der Waals surface area contributed by atoms with Gasteiger partial charge in [-0.2, -0.15) is 19.5 Å². The molecule has 2 aromatic carbocycles. The highest BCUT2D eigenvalue weighted by Gasteiger charge is 2.28. The van der Waals surface area contributed by atoms with Gasteiger partial charge in [0.1, 0.15) is 17.4 Å². The number of aromatic nitrogens is 7. The summed E-state index contributed by atoms with van der Waals surface area (Å²) in [6.07, 6.45) is 7.93. The molecular weight excluding hydrogens is 960 g/mol. The Balaban J connectivity index is 0.00000241. The van der Waals surface area contributed by atoms with Crippen LogP contribution in [-0.2, 0) is 27.5 Å². The molecule has 0 aliphatic carbocycles. The highest BCUT2D eigenvalue weighted by atomic mass is 35.5. The summed E-state index contributed by atoms with van der Waals surface area (Å²) in [7, 11) is 0. The molecular formula is C47H48Cl2N14O8. The molecule has 1 aliphatic heterocycles. The van der Waals surface area contributed by atoms with Gasteiger partial charge in [0.05, 0.1) is 27.7 Å². The SMILES string of the molecule is Nc1nc(NCCCC(=O)NCCNCc2ccc(C(=O)Nc3cccc(-c4cccc(NC(=O)c5ccc(CN6CCCC[C@H]6C(=O)O)cn5)c4Cl)c3Cl)nc2)nc2nc(-c3ccco3)nn12.O=CO. The number of nitrogens with one attached hydrogen (secondary N) is 5. The molecule has 24 heteroatoms. The lowest BCUT2D eigenvalue weighted by atomic mass is 10.0. The Hall–Kier alpha value is -8.05. The van der Waals surface area contributed by atoms with Crippen molar-refractivity contribution in [1.29, 1.82) is 0 Å². The number of benzene rings is 2. The Morgan fingerprint density at radius 1 is 0.817 bits per heavy atom. The molecule has 1 fully saturated rings. The van der Waals surface area contributed by atoms with E-state index < -0.39 is 23.8 Å². The number of aliphatic carboxylic acids is 1. The number of carboxylic acids is 1. The maximum Gasteiger partial charge on any atom is 0.320 e. The molecule has 6 heterocycles. The average Bonchev–Trinajstić information content (AvgIpc) is 4.07. The predicted octanol–water partition coefficient (Wildman–Crippen LogP) is 5.87. The minimum Gasteiger partial charge on any atom is -0.483 e. The van der Waals surface area contributed by atoms with E-state index in [1.165, 1.54) is 10.8 Å². The van der Waals surface area contributed by atoms with E-state index in [0.29, 0.717) is 86.2 Å². The molecule has 3 amide bonds. The summed E-state index contributed by atoms with van der Waals surface area (Å²) < 4.78 is 6.66. The summed E-state index contributed by atoms with van der Waals surface area (Å²) in [5.74, 6) is -0.439. The molecule has 0 bridgehead atoms. The van der Waals surface area contributed by atoms with Gasteiger partial charge in [0.25, 0.3) is 24.1 Å². The number of carbonyl (C=O) groups excluding carboxylic acids is 3. The number of fused-ring (bicyclic) bond motifs is 1. The first kappa shape index (κ1) is 50.8. The molecule has 1 saturated heterocycles. The first-order chi connectivity index (χ1) is 34.4. The lowest BCUT2D eigenvalue weighted by molar-refractivity contribution is -0.144. The van der Waals surface area contributed by atoms with Gasteiger partial charge in [0, 0.05) is 62.7 Å². The molecule has 0 spiro atoms. The van der Waals surface area contributed by atoms with E-state index in [2.05, 4.69) is 56.6 Å². The first-order valence-corrected chi connectivity index (χ1v) is 23.0. The molecule has 1 aliphatic rings. The number of hydrogen-bond donors (Lipinski definition) is 8. The van der Waals surface area contributed by atoms with Crippen LogP contribution in [0.15, 0.2) is 95.9 Å². The van der Waals surface area contributed by atoms with E-state index in [4.69, 9.17) is 43.3 Å². The van der Waals surface area contributed by atoms with Crippen molar-refractivity contribution in [3.8, 4) is 22.7 Å². The predicted molar refractivity (Wildman–Crippen MR) is 264 cm³/mol. The number of pyridine rings is 2. The minimum absolute atomic E-state index is 0.103. The molecule has 7 aromatic rings. The number of likely N-dealkylation sites (tertiary alicyclic amines) is 1. The van der Waals surface area contributed by atoms with Gasteiger partial charge in [-0.05, 0) is 73.3 Å². The summed E-state index contributed by atoms with van der Waals surface area (Å²) in [5.41, 5.74) is 9.71. The number of hydrogen-bond acceptors (Lipinski definition) is 16. The Morgan fingerprint density at radius 3 is 2.08 bits per heavy atom. The molecule has 8 rings (SSSR count). The van der Waals surface area contributed by atoms with Gasteiger partial charge in [-0.25, -0.2) is 0 Å². The van der Waals surface area contributed by atoms with Crippen LogP contribution in [0.4, 0.5) is 23.3 Å². The van der Waals surface area contributed by atoms with E-state index in [-0.39, 0.29) is 57.9 Å². The number of carboxylic acid groups (broad SMARTS) is 2. The number of anilines is 4. The second-order valence-electron chi connectivity index (χ2n) is 15.9. The van der Waals surface area contributed by atoms with Gasteiger partial charge in [0.2, 0.25) is 23.6 Å². The third-order valence-electron chi connectivity index (χ3n) is 11.0. The van der Waals surface area contributed by atoms with Gasteiger partial charge in [-0.1, -0.05) is 66.0 Å². The van der Waals surface area contributed by atoms with E-state index >= 15 is 0 Å². The average molecular weight is 1010 g/mol. The Morgan fingerprint density at radius 2 is 1.48 bits per heavy atom. The fraction of sp³-hybridized carbons (Fsp3) is 0.255. The molecule has 0 radical (unpaired) electrons. The number of amides is 3. The van der Waals surface area contributed by atoms with E-state index in [1.807, 2.05) is 4.90 Å². The number of piperidine rings is 1. The van der Waals surface area contributed by atoms with Crippen LogP contribution in [-0.4, -0.2) is 112 Å². The lowest BCUT2D eigenvalue weighted by Crippen LogP contribution is -2.44. The molecule has 5 aromatic heterocycles. The third-order valence-corrected chi connectivity index (χ3v) is 11.8. The number of nitrogen functional groups attached to an aromatic ring is 1. The second kappa shape index (κ2) is 24.5. The van der Waals surface area contributed by atoms with Crippen molar-refractivity contribution in [2.75, 3.05) is 47.9 Å². The molecule has 9 N–H and O–H groups in total. The standard InChI is InChI=1S/C46H46Cl2N14O6.CH2O2/c47-38-29(30-8-4-10-32(39(30)48)56-42(65)34-17-15-28(25-54-34)26-61-21-2-1-11-35(61)43(66)67)7-3-9-31(38)55-41(64)33-16-14-27(24-53-33)23-50-19-20-51-37(63)13-5-18-52-45-58-44(49)62-46(59-45)57-40(60-62)36-12-6-22-68-36;2-1-3/h3-4,6-10,12,14-17,22,24-25,35,50H,1-2,5,11,13,18-21,23,26H2,(H,51,63)(H,55,64)(H,56,65)(H,66,67)(H3,49,52,57,58,59,60);1H,(H,2,3)/t35-;/m0./s1. The normalized spacial score (nSPS) is 13.4. The van der Waals surface area contributed by atoms with E-state index in [9.17, 15) is 24.3 Å². The summed E-state index contributed by atoms with van der Waals surface area (Å²) in [5, 5.41) is 36.1. The van der Waals surface area contributed by atoms with Gasteiger partial charge < -0.3 is 46.9 Å². The van der Waals surface area contributed by atoms with Crippen LogP contribution in [0.2, 0.25) is 10.0 Å². The summed E-state index contributed by atoms with van der Waals surface area (Å²) in [6, 6.07) is 19.9. The number of carbonyl (C=O) groups is 5. The highest BCUT2D eigenvalue weighted by molar-refractivity contribution is 6.40. The van der Waals surface area contributed by atoms with Crippen LogP contribution >= 0.6 is 23.2 Å².